The van der Waals surface area contributed by atoms with Crippen molar-refractivity contribution in [2.45, 2.75) is 33.6 Å². The topological polar surface area (TPSA) is 76.4 Å². The summed E-state index contributed by atoms with van der Waals surface area (Å²) in [6, 6.07) is 9.62. The molecule has 0 saturated heterocycles. The van der Waals surface area contributed by atoms with Crippen molar-refractivity contribution in [1.82, 2.24) is 15.3 Å². The predicted octanol–water partition coefficient (Wildman–Crippen LogP) is 4.24. The second kappa shape index (κ2) is 10.3. The second-order valence-electron chi connectivity index (χ2n) is 6.53. The largest absolute Gasteiger partial charge is 0.497 e. The molecule has 0 radical (unpaired) electrons. The van der Waals surface area contributed by atoms with E-state index in [1.165, 1.54) is 5.57 Å². The van der Waals surface area contributed by atoms with Gasteiger partial charge in [-0.3, -0.25) is 10.0 Å². The maximum absolute atomic E-state index is 11.4. The molecule has 2 aromatic rings. The van der Waals surface area contributed by atoms with E-state index in [1.807, 2.05) is 67.9 Å². The van der Waals surface area contributed by atoms with Crippen LogP contribution < -0.4 is 10.2 Å². The van der Waals surface area contributed by atoms with Crippen molar-refractivity contribution in [3.8, 4) is 11.4 Å². The number of aromatic nitrogens is 2. The van der Waals surface area contributed by atoms with Gasteiger partial charge in [0, 0.05) is 12.8 Å². The van der Waals surface area contributed by atoms with Gasteiger partial charge in [-0.25, -0.2) is 10.2 Å². The third kappa shape index (κ3) is 5.69. The fraction of sp³-hybridized carbons (Fsp3) is 0.273. The summed E-state index contributed by atoms with van der Waals surface area (Å²) in [5, 5.41) is 13.4. The van der Waals surface area contributed by atoms with E-state index in [0.717, 1.165) is 28.4 Å². The first-order valence-electron chi connectivity index (χ1n) is 9.13. The number of rotatable bonds is 8. The fourth-order valence-electron chi connectivity index (χ4n) is 2.64. The summed E-state index contributed by atoms with van der Waals surface area (Å²) in [5.41, 5.74) is 6.43. The van der Waals surface area contributed by atoms with E-state index < -0.39 is 5.91 Å². The fourth-order valence-corrected chi connectivity index (χ4v) is 2.64. The molecule has 2 N–H and O–H groups in total. The summed E-state index contributed by atoms with van der Waals surface area (Å²) in [5.74, 6) is 0.334. The van der Waals surface area contributed by atoms with Gasteiger partial charge < -0.3 is 4.74 Å². The van der Waals surface area contributed by atoms with Crippen molar-refractivity contribution in [2.24, 2.45) is 0 Å². The Morgan fingerprint density at radius 1 is 1.25 bits per heavy atom. The highest BCUT2D eigenvalue weighted by Crippen LogP contribution is 2.24. The maximum atomic E-state index is 11.4. The molecule has 0 fully saturated rings. The van der Waals surface area contributed by atoms with Crippen LogP contribution in [0.15, 0.2) is 60.2 Å². The van der Waals surface area contributed by atoms with E-state index in [2.05, 4.69) is 12.2 Å². The number of hydrogen-bond acceptors (Lipinski definition) is 4. The van der Waals surface area contributed by atoms with E-state index in [9.17, 15) is 4.79 Å². The van der Waals surface area contributed by atoms with Crippen LogP contribution in [0.4, 0.5) is 0 Å². The van der Waals surface area contributed by atoms with E-state index in [1.54, 1.807) is 12.6 Å². The smallest absolute Gasteiger partial charge is 0.243 e. The Morgan fingerprint density at radius 2 is 1.96 bits per heavy atom. The molecule has 0 aliphatic carbocycles. The Hall–Kier alpha value is -3.12. The summed E-state index contributed by atoms with van der Waals surface area (Å²) in [7, 11) is 1.63. The van der Waals surface area contributed by atoms with Crippen LogP contribution in [0.1, 0.15) is 38.6 Å². The van der Waals surface area contributed by atoms with Crippen LogP contribution in [0.5, 0.6) is 5.75 Å². The first kappa shape index (κ1) is 21.2. The third-order valence-corrected chi connectivity index (χ3v) is 4.05. The minimum absolute atomic E-state index is 0.159. The van der Waals surface area contributed by atoms with Gasteiger partial charge in [-0.15, -0.1) is 0 Å². The molecule has 28 heavy (non-hydrogen) atoms. The molecule has 0 atom stereocenters. The Bertz CT molecular complexity index is 886. The van der Waals surface area contributed by atoms with E-state index in [-0.39, 0.29) is 6.42 Å². The monoisotopic (exact) mass is 381 g/mol. The Morgan fingerprint density at radius 3 is 2.54 bits per heavy atom. The number of amides is 1. The first-order chi connectivity index (χ1) is 13.5. The first-order valence-corrected chi connectivity index (χ1v) is 9.13. The zero-order valence-electron chi connectivity index (χ0n) is 16.8. The standard InChI is InChI=1S/C22H27N3O3/c1-5-6-17(8-7-16(2)3)21-15-18(9-14-22(26)24-27)23-25(21)19-10-12-20(28-4)13-11-19/h5-8,10-13,15,27H,9,14H2,1-4H3,(H,24,26)/b6-5-,17-8+. The number of hydroxylamine groups is 1. The Kier molecular flexibility index (Phi) is 7.77. The molecule has 0 aliphatic rings. The summed E-state index contributed by atoms with van der Waals surface area (Å²) in [6.45, 7) is 6.06. The van der Waals surface area contributed by atoms with Crippen molar-refractivity contribution in [3.05, 3.63) is 71.6 Å². The van der Waals surface area contributed by atoms with Crippen molar-refractivity contribution >= 4 is 11.5 Å². The molecule has 1 amide bonds. The molecule has 6 nitrogen and oxygen atoms in total. The number of hydrogen-bond donors (Lipinski definition) is 2. The number of benzene rings is 1. The number of carbonyl (C=O) groups excluding carboxylic acids is 1. The third-order valence-electron chi connectivity index (χ3n) is 4.05. The summed E-state index contributed by atoms with van der Waals surface area (Å²) in [4.78, 5) is 11.4. The van der Waals surface area contributed by atoms with Crippen LogP contribution in [0.3, 0.4) is 0 Å². The zero-order chi connectivity index (χ0) is 20.5. The van der Waals surface area contributed by atoms with Gasteiger partial charge >= 0.3 is 0 Å². The predicted molar refractivity (Wildman–Crippen MR) is 111 cm³/mol. The van der Waals surface area contributed by atoms with Gasteiger partial charge in [-0.1, -0.05) is 29.9 Å². The molecule has 1 aromatic heterocycles. The van der Waals surface area contributed by atoms with E-state index in [4.69, 9.17) is 15.0 Å². The lowest BCUT2D eigenvalue weighted by molar-refractivity contribution is -0.129. The lowest BCUT2D eigenvalue weighted by atomic mass is 10.1. The summed E-state index contributed by atoms with van der Waals surface area (Å²) in [6.07, 6.45) is 8.70. The van der Waals surface area contributed by atoms with Crippen molar-refractivity contribution in [1.29, 1.82) is 0 Å². The summed E-state index contributed by atoms with van der Waals surface area (Å²) < 4.78 is 7.10. The average Bonchev–Trinajstić information content (AvgIpc) is 3.13. The molecule has 0 aliphatic heterocycles. The SMILES string of the molecule is C/C=C\C(=C/C=C(C)C)c1cc(CCC(=O)NO)nn1-c1ccc(OC)cc1. The molecule has 6 heteroatoms. The number of aryl methyl sites for hydroxylation is 1. The van der Waals surface area contributed by atoms with Crippen LogP contribution in [0.2, 0.25) is 0 Å². The van der Waals surface area contributed by atoms with Gasteiger partial charge in [0.05, 0.1) is 24.2 Å². The quantitative estimate of drug-likeness (QED) is 0.407. The number of nitrogens with zero attached hydrogens (tertiary/aromatic N) is 2. The Labute approximate surface area is 165 Å². The van der Waals surface area contributed by atoms with Crippen LogP contribution >= 0.6 is 0 Å². The highest BCUT2D eigenvalue weighted by molar-refractivity contribution is 5.76. The van der Waals surface area contributed by atoms with E-state index in [0.29, 0.717) is 6.42 Å². The molecule has 1 aromatic carbocycles. The lowest BCUT2D eigenvalue weighted by Crippen LogP contribution is -2.18. The van der Waals surface area contributed by atoms with Crippen LogP contribution in [-0.4, -0.2) is 28.0 Å². The minimum Gasteiger partial charge on any atom is -0.497 e. The van der Waals surface area contributed by atoms with Crippen LogP contribution in [0.25, 0.3) is 11.3 Å². The molecule has 0 spiro atoms. The molecule has 148 valence electrons. The van der Waals surface area contributed by atoms with E-state index >= 15 is 0 Å². The average molecular weight is 381 g/mol. The molecule has 1 heterocycles. The molecular weight excluding hydrogens is 354 g/mol. The number of allylic oxidation sites excluding steroid dienone is 6. The zero-order valence-corrected chi connectivity index (χ0v) is 16.8. The summed E-state index contributed by atoms with van der Waals surface area (Å²) >= 11 is 0. The van der Waals surface area contributed by atoms with Gasteiger partial charge in [0.25, 0.3) is 0 Å². The van der Waals surface area contributed by atoms with Crippen LogP contribution in [0, 0.1) is 0 Å². The highest BCUT2D eigenvalue weighted by Gasteiger charge is 2.13. The number of methoxy groups -OCH3 is 1. The van der Waals surface area contributed by atoms with Crippen LogP contribution in [-0.2, 0) is 11.2 Å². The Balaban J connectivity index is 2.52. The molecule has 0 saturated carbocycles. The minimum atomic E-state index is -0.436. The molecule has 0 unspecified atom stereocenters. The van der Waals surface area contributed by atoms with Gasteiger partial charge in [0.2, 0.25) is 5.91 Å². The number of ether oxygens (including phenoxy) is 1. The second-order valence-corrected chi connectivity index (χ2v) is 6.53. The van der Waals surface area contributed by atoms with Gasteiger partial charge in [-0.05, 0) is 56.7 Å². The maximum Gasteiger partial charge on any atom is 0.243 e. The lowest BCUT2D eigenvalue weighted by Gasteiger charge is -2.09. The van der Waals surface area contributed by atoms with Gasteiger partial charge in [-0.2, -0.15) is 5.10 Å². The van der Waals surface area contributed by atoms with Crippen molar-refractivity contribution < 1.29 is 14.7 Å². The molecule has 0 bridgehead atoms. The van der Waals surface area contributed by atoms with Gasteiger partial charge in [0.15, 0.2) is 0 Å². The molecular formula is C22H27N3O3. The normalized spacial score (nSPS) is 11.5. The number of nitrogens with one attached hydrogen (secondary N) is 1. The van der Waals surface area contributed by atoms with Gasteiger partial charge in [0.1, 0.15) is 5.75 Å². The number of carbonyl (C=O) groups is 1. The van der Waals surface area contributed by atoms with Crippen molar-refractivity contribution in [2.75, 3.05) is 7.11 Å². The van der Waals surface area contributed by atoms with Crippen molar-refractivity contribution in [3.63, 3.8) is 0 Å². The molecule has 2 rings (SSSR count). The highest BCUT2D eigenvalue weighted by atomic mass is 16.5.